The Kier molecular flexibility index (Phi) is 9.59. The van der Waals surface area contributed by atoms with Crippen LogP contribution in [0.15, 0.2) is 24.3 Å². The van der Waals surface area contributed by atoms with E-state index in [1.165, 1.54) is 12.0 Å². The van der Waals surface area contributed by atoms with Crippen molar-refractivity contribution in [3.05, 3.63) is 29.8 Å². The fourth-order valence-corrected chi connectivity index (χ4v) is 3.89. The van der Waals surface area contributed by atoms with E-state index in [1.54, 1.807) is 31.2 Å². The van der Waals surface area contributed by atoms with Crippen molar-refractivity contribution in [1.29, 1.82) is 5.41 Å². The number of piperazine rings is 1. The van der Waals surface area contributed by atoms with Crippen molar-refractivity contribution < 1.29 is 33.4 Å². The van der Waals surface area contributed by atoms with Gasteiger partial charge in [-0.2, -0.15) is 0 Å². The Bertz CT molecular complexity index is 962. The van der Waals surface area contributed by atoms with Gasteiger partial charge in [-0.25, -0.2) is 9.59 Å². The molecule has 2 aliphatic heterocycles. The Morgan fingerprint density at radius 1 is 1.08 bits per heavy atom. The van der Waals surface area contributed by atoms with Gasteiger partial charge >= 0.3 is 24.1 Å². The lowest BCUT2D eigenvalue weighted by Gasteiger charge is -2.34. The molecule has 0 aromatic heterocycles. The van der Waals surface area contributed by atoms with Crippen molar-refractivity contribution in [2.75, 3.05) is 71.0 Å². The van der Waals surface area contributed by atoms with E-state index in [1.807, 2.05) is 4.90 Å². The second kappa shape index (κ2) is 12.8. The zero-order chi connectivity index (χ0) is 26.1. The number of nitrogens with zero attached hydrogens (tertiary/aromatic N) is 3. The molecular weight excluding hydrogens is 472 g/mol. The zero-order valence-corrected chi connectivity index (χ0v) is 20.5. The van der Waals surface area contributed by atoms with Crippen LogP contribution >= 0.6 is 0 Å². The van der Waals surface area contributed by atoms with Crippen LogP contribution in [0, 0.1) is 5.41 Å². The van der Waals surface area contributed by atoms with Gasteiger partial charge in [0, 0.05) is 44.0 Å². The summed E-state index contributed by atoms with van der Waals surface area (Å²) in [7, 11) is 1.38. The van der Waals surface area contributed by atoms with E-state index in [2.05, 4.69) is 15.5 Å². The monoisotopic (exact) mass is 504 g/mol. The van der Waals surface area contributed by atoms with Crippen LogP contribution < -0.4 is 15.5 Å². The molecule has 0 aliphatic carbocycles. The maximum absolute atomic E-state index is 12.5. The van der Waals surface area contributed by atoms with Crippen LogP contribution in [0.25, 0.3) is 0 Å². The molecule has 0 bridgehead atoms. The first kappa shape index (κ1) is 26.9. The Morgan fingerprint density at radius 3 is 2.39 bits per heavy atom. The highest BCUT2D eigenvalue weighted by atomic mass is 16.6. The molecular formula is C23H32N6O7. The topological polar surface area (TPSA) is 154 Å². The van der Waals surface area contributed by atoms with Crippen LogP contribution in [0.5, 0.6) is 0 Å². The molecule has 0 spiro atoms. The molecule has 3 amide bonds. The van der Waals surface area contributed by atoms with Gasteiger partial charge in [0.25, 0.3) is 0 Å². The highest BCUT2D eigenvalue weighted by Gasteiger charge is 2.34. The molecule has 2 saturated heterocycles. The summed E-state index contributed by atoms with van der Waals surface area (Å²) in [6.07, 6.45) is -0.726. The molecule has 2 fully saturated rings. The second-order valence-corrected chi connectivity index (χ2v) is 8.30. The van der Waals surface area contributed by atoms with E-state index in [9.17, 15) is 19.2 Å². The summed E-state index contributed by atoms with van der Waals surface area (Å²) in [5.41, 5.74) is 1.05. The number of benzene rings is 1. The van der Waals surface area contributed by atoms with Crippen LogP contribution in [0.3, 0.4) is 0 Å². The average molecular weight is 505 g/mol. The smallest absolute Gasteiger partial charge is 0.414 e. The van der Waals surface area contributed by atoms with E-state index >= 15 is 0 Å². The van der Waals surface area contributed by atoms with Gasteiger partial charge < -0.3 is 19.5 Å². The maximum Gasteiger partial charge on any atom is 0.414 e. The first-order chi connectivity index (χ1) is 17.3. The number of carbonyl (C=O) groups is 4. The van der Waals surface area contributed by atoms with Gasteiger partial charge in [-0.3, -0.25) is 35.0 Å². The predicted octanol–water partition coefficient (Wildman–Crippen LogP) is -0.00993. The number of urea groups is 1. The Hall–Kier alpha value is -3.71. The fraction of sp³-hybridized carbons (Fsp3) is 0.522. The molecule has 13 heteroatoms. The molecule has 2 aliphatic rings. The number of hydrogen-bond acceptors (Lipinski definition) is 10. The number of amides is 3. The molecule has 1 aromatic rings. The molecule has 3 rings (SSSR count). The normalized spacial score (nSPS) is 18.3. The third-order valence-corrected chi connectivity index (χ3v) is 5.79. The highest BCUT2D eigenvalue weighted by Crippen LogP contribution is 2.23. The van der Waals surface area contributed by atoms with Crippen LogP contribution in [-0.2, 0) is 23.8 Å². The zero-order valence-electron chi connectivity index (χ0n) is 20.5. The molecule has 36 heavy (non-hydrogen) atoms. The number of hydrogen-bond donors (Lipinski definition) is 3. The van der Waals surface area contributed by atoms with Crippen LogP contribution in [0.2, 0.25) is 0 Å². The van der Waals surface area contributed by atoms with Crippen molar-refractivity contribution in [1.82, 2.24) is 20.4 Å². The number of nitrogens with one attached hydrogen (secondary N) is 3. The lowest BCUT2D eigenvalue weighted by molar-refractivity contribution is -0.143. The molecule has 1 unspecified atom stereocenters. The van der Waals surface area contributed by atoms with Gasteiger partial charge in [0.2, 0.25) is 0 Å². The van der Waals surface area contributed by atoms with E-state index in [0.29, 0.717) is 24.3 Å². The summed E-state index contributed by atoms with van der Waals surface area (Å²) in [6, 6.07) is 5.89. The summed E-state index contributed by atoms with van der Waals surface area (Å²) in [6.45, 7) is 5.86. The van der Waals surface area contributed by atoms with Crippen molar-refractivity contribution >= 4 is 35.6 Å². The SMILES string of the molecule is CCOC(=O)CNC(=O)NC(=N)c1ccc(N2CC(CN3CCN(CC(=O)OC)CC3)OC2=O)cc1. The standard InChI is InChI=1S/C23H32N6O7/c1-3-35-19(30)12-25-22(32)26-21(24)16-4-6-17(7-5-16)29-14-18(36-23(29)33)13-27-8-10-28(11-9-27)15-20(31)34-2/h4-7,18H,3,8-15H2,1-2H3,(H3,24,25,26,32). The van der Waals surface area contributed by atoms with Gasteiger partial charge in [-0.15, -0.1) is 0 Å². The average Bonchev–Trinajstić information content (AvgIpc) is 3.23. The summed E-state index contributed by atoms with van der Waals surface area (Å²) in [5, 5.41) is 12.7. The van der Waals surface area contributed by atoms with E-state index in [-0.39, 0.29) is 37.6 Å². The largest absolute Gasteiger partial charge is 0.468 e. The van der Waals surface area contributed by atoms with E-state index in [0.717, 1.165) is 26.2 Å². The molecule has 1 atom stereocenters. The first-order valence-electron chi connectivity index (χ1n) is 11.7. The van der Waals surface area contributed by atoms with Crippen molar-refractivity contribution in [2.45, 2.75) is 13.0 Å². The number of amidine groups is 1. The third kappa shape index (κ3) is 7.65. The Labute approximate surface area is 209 Å². The number of anilines is 1. The van der Waals surface area contributed by atoms with Gasteiger partial charge in [0.15, 0.2) is 0 Å². The number of methoxy groups -OCH3 is 1. The van der Waals surface area contributed by atoms with Crippen molar-refractivity contribution in [3.8, 4) is 0 Å². The van der Waals surface area contributed by atoms with Gasteiger partial charge in [0.1, 0.15) is 18.5 Å². The van der Waals surface area contributed by atoms with Gasteiger partial charge in [-0.1, -0.05) is 0 Å². The third-order valence-electron chi connectivity index (χ3n) is 5.79. The summed E-state index contributed by atoms with van der Waals surface area (Å²) >= 11 is 0. The molecule has 1 aromatic carbocycles. The van der Waals surface area contributed by atoms with Gasteiger partial charge in [0.05, 0.1) is 26.8 Å². The molecule has 0 saturated carbocycles. The van der Waals surface area contributed by atoms with Crippen LogP contribution in [0.4, 0.5) is 15.3 Å². The number of esters is 2. The minimum Gasteiger partial charge on any atom is -0.468 e. The fourth-order valence-electron chi connectivity index (χ4n) is 3.89. The molecule has 0 radical (unpaired) electrons. The lowest BCUT2D eigenvalue weighted by Crippen LogP contribution is -2.50. The molecule has 196 valence electrons. The van der Waals surface area contributed by atoms with E-state index in [4.69, 9.17) is 19.6 Å². The Morgan fingerprint density at radius 2 is 1.75 bits per heavy atom. The molecule has 13 nitrogen and oxygen atoms in total. The summed E-state index contributed by atoms with van der Waals surface area (Å²) in [5.74, 6) is -0.977. The number of cyclic esters (lactones) is 1. The Balaban J connectivity index is 1.45. The van der Waals surface area contributed by atoms with Crippen molar-refractivity contribution in [2.24, 2.45) is 0 Å². The molecule has 2 heterocycles. The summed E-state index contributed by atoms with van der Waals surface area (Å²) < 4.78 is 15.0. The van der Waals surface area contributed by atoms with E-state index < -0.39 is 18.1 Å². The number of ether oxygens (including phenoxy) is 3. The van der Waals surface area contributed by atoms with Crippen LogP contribution in [-0.4, -0.2) is 112 Å². The predicted molar refractivity (Wildman–Crippen MR) is 129 cm³/mol. The van der Waals surface area contributed by atoms with Crippen molar-refractivity contribution in [3.63, 3.8) is 0 Å². The minimum atomic E-state index is -0.700. The maximum atomic E-state index is 12.5. The highest BCUT2D eigenvalue weighted by molar-refractivity contribution is 6.06. The minimum absolute atomic E-state index is 0.156. The molecule has 3 N–H and O–H groups in total. The first-order valence-corrected chi connectivity index (χ1v) is 11.7. The lowest BCUT2D eigenvalue weighted by atomic mass is 10.1. The number of carbonyl (C=O) groups excluding carboxylic acids is 4. The van der Waals surface area contributed by atoms with Gasteiger partial charge in [-0.05, 0) is 31.2 Å². The quantitative estimate of drug-likeness (QED) is 0.182. The van der Waals surface area contributed by atoms with Crippen LogP contribution in [0.1, 0.15) is 12.5 Å². The number of rotatable bonds is 9. The second-order valence-electron chi connectivity index (χ2n) is 8.30. The summed E-state index contributed by atoms with van der Waals surface area (Å²) in [4.78, 5) is 52.8.